The zero-order valence-electron chi connectivity index (χ0n) is 20.1. The van der Waals surface area contributed by atoms with E-state index >= 15 is 0 Å². The van der Waals surface area contributed by atoms with Crippen molar-refractivity contribution in [2.45, 2.75) is 25.4 Å². The number of rotatable bonds is 7. The zero-order chi connectivity index (χ0) is 25.2. The lowest BCUT2D eigenvalue weighted by molar-refractivity contribution is -0.145. The Morgan fingerprint density at radius 1 is 0.833 bits per heavy atom. The Balaban J connectivity index is 0.00000361. The topological polar surface area (TPSA) is 17.4 Å². The van der Waals surface area contributed by atoms with E-state index in [4.69, 9.17) is 4.74 Å². The Morgan fingerprint density at radius 2 is 1.44 bits per heavy atom. The lowest BCUT2D eigenvalue weighted by atomic mass is 10.1. The van der Waals surface area contributed by atoms with Crippen LogP contribution in [0.5, 0.6) is 0 Å². The van der Waals surface area contributed by atoms with Gasteiger partial charge in [0, 0.05) is 4.47 Å². The van der Waals surface area contributed by atoms with E-state index in [0.717, 1.165) is 21.7 Å². The molecule has 0 spiro atoms. The maximum absolute atomic E-state index is 14.1. The summed E-state index contributed by atoms with van der Waals surface area (Å²) in [4.78, 5) is 1.88. The van der Waals surface area contributed by atoms with Gasteiger partial charge in [-0.15, -0.1) is 12.4 Å². The molecule has 1 atom stereocenters. The van der Waals surface area contributed by atoms with Crippen LogP contribution in [0.4, 0.5) is 13.2 Å². The second-order valence-corrected chi connectivity index (χ2v) is 9.53. The molecule has 0 saturated carbocycles. The van der Waals surface area contributed by atoms with E-state index in [1.807, 2.05) is 92.6 Å². The second-order valence-electron chi connectivity index (χ2n) is 8.61. The van der Waals surface area contributed by atoms with Gasteiger partial charge in [-0.25, -0.2) is 0 Å². The van der Waals surface area contributed by atoms with Crippen LogP contribution in [0.1, 0.15) is 23.7 Å². The molecule has 190 valence electrons. The van der Waals surface area contributed by atoms with Crippen molar-refractivity contribution in [1.82, 2.24) is 9.47 Å². The van der Waals surface area contributed by atoms with Crippen LogP contribution in [0.15, 0.2) is 95.5 Å². The molecule has 0 bridgehead atoms. The first-order valence-electron chi connectivity index (χ1n) is 11.1. The zero-order valence-corrected chi connectivity index (χ0v) is 22.5. The Bertz CT molecular complexity index is 1290. The third-order valence-corrected chi connectivity index (χ3v) is 6.69. The van der Waals surface area contributed by atoms with Gasteiger partial charge >= 0.3 is 6.18 Å². The number of hydrogen-bond acceptors (Lipinski definition) is 2. The molecule has 1 heterocycles. The van der Waals surface area contributed by atoms with E-state index < -0.39 is 17.5 Å². The second kappa shape index (κ2) is 11.2. The van der Waals surface area contributed by atoms with Gasteiger partial charge in [0.2, 0.25) is 0 Å². The standard InChI is InChI=1S/C28H26BrF3N2O.ClH/c1-27(33(2)3,35-19-20-9-5-4-6-10-20)26-18-17-24(21-13-15-22(29)16-14-21)34(26)25-12-8-7-11-23(25)28(30,31)32;/h4-18H,19H2,1-3H3;1H. The van der Waals surface area contributed by atoms with E-state index in [9.17, 15) is 13.2 Å². The number of aromatic nitrogens is 1. The first-order chi connectivity index (χ1) is 16.6. The summed E-state index contributed by atoms with van der Waals surface area (Å²) < 4.78 is 51.4. The molecule has 0 aliphatic rings. The maximum atomic E-state index is 14.1. The molecule has 4 aromatic rings. The fourth-order valence-corrected chi connectivity index (χ4v) is 4.31. The monoisotopic (exact) mass is 578 g/mol. The molecule has 0 aliphatic carbocycles. The van der Waals surface area contributed by atoms with Crippen LogP contribution in [0.3, 0.4) is 0 Å². The van der Waals surface area contributed by atoms with Gasteiger partial charge in [-0.05, 0) is 68.5 Å². The van der Waals surface area contributed by atoms with Crippen molar-refractivity contribution in [2.24, 2.45) is 0 Å². The number of ether oxygens (including phenoxy) is 1. The van der Waals surface area contributed by atoms with Gasteiger partial charge in [-0.1, -0.05) is 70.5 Å². The smallest absolute Gasteiger partial charge is 0.350 e. The van der Waals surface area contributed by atoms with E-state index in [-0.39, 0.29) is 18.1 Å². The summed E-state index contributed by atoms with van der Waals surface area (Å²) in [5, 5.41) is 0. The molecule has 0 fully saturated rings. The number of nitrogens with zero attached hydrogens (tertiary/aromatic N) is 2. The Morgan fingerprint density at radius 3 is 2.06 bits per heavy atom. The molecule has 4 rings (SSSR count). The molecule has 0 aliphatic heterocycles. The van der Waals surface area contributed by atoms with Crippen molar-refractivity contribution in [2.75, 3.05) is 14.1 Å². The fourth-order valence-electron chi connectivity index (χ4n) is 4.04. The average molecular weight is 580 g/mol. The number of benzene rings is 3. The highest BCUT2D eigenvalue weighted by molar-refractivity contribution is 9.10. The van der Waals surface area contributed by atoms with E-state index in [1.54, 1.807) is 10.6 Å². The van der Waals surface area contributed by atoms with Crippen LogP contribution in [-0.4, -0.2) is 23.6 Å². The third kappa shape index (κ3) is 5.70. The number of halogens is 5. The van der Waals surface area contributed by atoms with Crippen LogP contribution in [0.2, 0.25) is 0 Å². The predicted molar refractivity (Wildman–Crippen MR) is 143 cm³/mol. The minimum Gasteiger partial charge on any atom is -0.350 e. The highest BCUT2D eigenvalue weighted by atomic mass is 79.9. The third-order valence-electron chi connectivity index (χ3n) is 6.16. The van der Waals surface area contributed by atoms with E-state index in [1.165, 1.54) is 12.1 Å². The predicted octanol–water partition coefficient (Wildman–Crippen LogP) is 8.30. The van der Waals surface area contributed by atoms with Crippen LogP contribution < -0.4 is 0 Å². The number of para-hydroxylation sites is 1. The van der Waals surface area contributed by atoms with Crippen molar-refractivity contribution in [3.63, 3.8) is 0 Å². The molecule has 1 unspecified atom stereocenters. The summed E-state index contributed by atoms with van der Waals surface area (Å²) in [5.41, 5.74) is 1.31. The molecule has 36 heavy (non-hydrogen) atoms. The summed E-state index contributed by atoms with van der Waals surface area (Å²) in [5.74, 6) is 0. The van der Waals surface area contributed by atoms with Crippen LogP contribution in [-0.2, 0) is 23.2 Å². The van der Waals surface area contributed by atoms with Crippen LogP contribution >= 0.6 is 28.3 Å². The minimum absolute atomic E-state index is 0. The quantitative estimate of drug-likeness (QED) is 0.205. The summed E-state index contributed by atoms with van der Waals surface area (Å²) in [6, 6.07) is 26.6. The van der Waals surface area contributed by atoms with Crippen molar-refractivity contribution < 1.29 is 17.9 Å². The fraction of sp³-hybridized carbons (Fsp3) is 0.214. The number of alkyl halides is 3. The first kappa shape index (κ1) is 28.0. The summed E-state index contributed by atoms with van der Waals surface area (Å²) in [6.45, 7) is 2.18. The van der Waals surface area contributed by atoms with E-state index in [0.29, 0.717) is 18.0 Å². The molecule has 0 radical (unpaired) electrons. The van der Waals surface area contributed by atoms with Gasteiger partial charge in [0.05, 0.1) is 29.2 Å². The molecule has 0 amide bonds. The number of hydrogen-bond donors (Lipinski definition) is 0. The lowest BCUT2D eigenvalue weighted by Gasteiger charge is -2.38. The molecule has 0 saturated heterocycles. The minimum atomic E-state index is -4.52. The van der Waals surface area contributed by atoms with Gasteiger partial charge in [0.1, 0.15) is 0 Å². The van der Waals surface area contributed by atoms with Gasteiger partial charge in [-0.2, -0.15) is 13.2 Å². The lowest BCUT2D eigenvalue weighted by Crippen LogP contribution is -2.42. The largest absolute Gasteiger partial charge is 0.418 e. The van der Waals surface area contributed by atoms with Gasteiger partial charge in [-0.3, -0.25) is 4.90 Å². The van der Waals surface area contributed by atoms with Crippen molar-refractivity contribution >= 4 is 28.3 Å². The Hall–Kier alpha value is -2.58. The SMILES string of the molecule is CN(C)C(C)(OCc1ccccc1)c1ccc(-c2ccc(Br)cc2)n1-c1ccccc1C(F)(F)F.Cl. The Labute approximate surface area is 224 Å². The average Bonchev–Trinajstić information content (AvgIpc) is 3.28. The first-order valence-corrected chi connectivity index (χ1v) is 11.9. The van der Waals surface area contributed by atoms with Crippen molar-refractivity contribution in [1.29, 1.82) is 0 Å². The molecule has 3 nitrogen and oxygen atoms in total. The van der Waals surface area contributed by atoms with Gasteiger partial charge < -0.3 is 9.30 Å². The van der Waals surface area contributed by atoms with Crippen LogP contribution in [0, 0.1) is 0 Å². The highest BCUT2D eigenvalue weighted by Gasteiger charge is 2.38. The normalized spacial score (nSPS) is 13.3. The van der Waals surface area contributed by atoms with E-state index in [2.05, 4.69) is 15.9 Å². The molecule has 3 aromatic carbocycles. The summed E-state index contributed by atoms with van der Waals surface area (Å²) in [6.07, 6.45) is -4.52. The highest BCUT2D eigenvalue weighted by Crippen LogP contribution is 2.40. The molecule has 8 heteroatoms. The maximum Gasteiger partial charge on any atom is 0.418 e. The van der Waals surface area contributed by atoms with Crippen LogP contribution in [0.25, 0.3) is 16.9 Å². The summed E-state index contributed by atoms with van der Waals surface area (Å²) in [7, 11) is 3.72. The van der Waals surface area contributed by atoms with Gasteiger partial charge in [0.25, 0.3) is 0 Å². The molecule has 1 aromatic heterocycles. The Kier molecular flexibility index (Phi) is 8.72. The summed E-state index contributed by atoms with van der Waals surface area (Å²) >= 11 is 3.44. The van der Waals surface area contributed by atoms with Crippen molar-refractivity contribution in [3.8, 4) is 16.9 Å². The molecular formula is C28H27BrClF3N2O. The van der Waals surface area contributed by atoms with Crippen molar-refractivity contribution in [3.05, 3.63) is 112 Å². The molecular weight excluding hydrogens is 553 g/mol. The van der Waals surface area contributed by atoms with Gasteiger partial charge in [0.15, 0.2) is 5.72 Å². The molecule has 0 N–H and O–H groups in total.